The molecule has 0 unspecified atom stereocenters. The van der Waals surface area contributed by atoms with Crippen molar-refractivity contribution in [3.05, 3.63) is 196 Å². The van der Waals surface area contributed by atoms with Crippen molar-refractivity contribution in [3.63, 3.8) is 0 Å². The number of rotatable bonds is 17. The van der Waals surface area contributed by atoms with Crippen molar-refractivity contribution in [1.82, 2.24) is 21.3 Å². The first-order valence-corrected chi connectivity index (χ1v) is 23.4. The van der Waals surface area contributed by atoms with Crippen molar-refractivity contribution in [1.29, 1.82) is 0 Å². The van der Waals surface area contributed by atoms with Gasteiger partial charge in [0.05, 0.1) is 6.10 Å². The van der Waals surface area contributed by atoms with Crippen LogP contribution in [0.15, 0.2) is 158 Å². The third-order valence-electron chi connectivity index (χ3n) is 11.4. The van der Waals surface area contributed by atoms with Gasteiger partial charge in [-0.15, -0.1) is 0 Å². The van der Waals surface area contributed by atoms with Crippen molar-refractivity contribution < 1.29 is 47.7 Å². The number of hydrogen-bond donors (Lipinski definition) is 4. The average molecular weight is 968 g/mol. The van der Waals surface area contributed by atoms with Gasteiger partial charge in [0.15, 0.2) is 0 Å². The number of hydrogen-bond acceptors (Lipinski definition) is 10. The van der Waals surface area contributed by atoms with Gasteiger partial charge in [0.1, 0.15) is 50.3 Å². The Morgan fingerprint density at radius 3 is 1.73 bits per heavy atom. The zero-order valence-corrected chi connectivity index (χ0v) is 39.4. The Morgan fingerprint density at radius 2 is 1.14 bits per heavy atom. The van der Waals surface area contributed by atoms with Crippen LogP contribution in [0.4, 0.5) is 9.59 Å². The van der Waals surface area contributed by atoms with Gasteiger partial charge in [-0.1, -0.05) is 145 Å². The molecule has 6 aromatic rings. The summed E-state index contributed by atoms with van der Waals surface area (Å²) in [7, 11) is 0. The van der Waals surface area contributed by atoms with Crippen molar-refractivity contribution in [2.45, 2.75) is 76.8 Å². The molecule has 1 heterocycles. The minimum atomic E-state index is -1.41. The summed E-state index contributed by atoms with van der Waals surface area (Å²) in [5.74, 6) is -1.84. The fourth-order valence-corrected chi connectivity index (χ4v) is 7.94. The van der Waals surface area contributed by atoms with Crippen LogP contribution in [0.2, 0.25) is 5.02 Å². The number of halogens is 1. The molecule has 0 fully saturated rings. The van der Waals surface area contributed by atoms with Gasteiger partial charge in [-0.3, -0.25) is 9.59 Å². The number of benzene rings is 6. The predicted octanol–water partition coefficient (Wildman–Crippen LogP) is 8.41. The monoisotopic (exact) mass is 966 g/mol. The maximum Gasteiger partial charge on any atom is 0.408 e. The van der Waals surface area contributed by atoms with E-state index in [1.54, 1.807) is 31.2 Å². The van der Waals surface area contributed by atoms with E-state index < -0.39 is 54.2 Å². The predicted molar refractivity (Wildman–Crippen MR) is 263 cm³/mol. The highest BCUT2D eigenvalue weighted by Gasteiger charge is 2.34. The lowest BCUT2D eigenvalue weighted by Crippen LogP contribution is -2.57. The van der Waals surface area contributed by atoms with Gasteiger partial charge in [-0.25, -0.2) is 14.4 Å². The molecule has 4 amide bonds. The van der Waals surface area contributed by atoms with Crippen LogP contribution in [0.5, 0.6) is 5.75 Å². The van der Waals surface area contributed by atoms with Gasteiger partial charge in [-0.05, 0) is 75.7 Å². The highest BCUT2D eigenvalue weighted by atomic mass is 35.5. The van der Waals surface area contributed by atoms with E-state index in [0.717, 1.165) is 33.4 Å². The molecular formula is C55H55ClN4O10. The van der Waals surface area contributed by atoms with E-state index in [-0.39, 0.29) is 58.8 Å². The number of fused-ring (bicyclic) bond motifs is 5. The second-order valence-corrected chi connectivity index (χ2v) is 16.9. The molecule has 4 bridgehead atoms. The van der Waals surface area contributed by atoms with Gasteiger partial charge < -0.3 is 45.0 Å². The Kier molecular flexibility index (Phi) is 18.4. The Morgan fingerprint density at radius 1 is 0.614 bits per heavy atom. The first kappa shape index (κ1) is 50.2. The SMILES string of the molecule is CCO[C@@H](CNC(=O)OCc1ccccc1)C[C@@H]1NC(=O)[C@@H](NC(=O)OCc2ccccc2)Cc2cc(ccc2OCc2ccccc2)-c2ccc(Cl)c(c2)C[C@@H](C(=O)OCc2ccccc2)NC1=O. The van der Waals surface area contributed by atoms with Crippen molar-refractivity contribution in [2.24, 2.45) is 0 Å². The molecule has 0 spiro atoms. The maximum atomic E-state index is 14.9. The highest BCUT2D eigenvalue weighted by Crippen LogP contribution is 2.32. The van der Waals surface area contributed by atoms with Crippen LogP contribution >= 0.6 is 11.6 Å². The molecular weight excluding hydrogens is 912 g/mol. The first-order valence-electron chi connectivity index (χ1n) is 23.0. The number of alkyl carbamates (subject to hydrolysis) is 2. The molecule has 6 aromatic carbocycles. The molecule has 14 nitrogen and oxygen atoms in total. The summed E-state index contributed by atoms with van der Waals surface area (Å²) in [6, 6.07) is 43.8. The Bertz CT molecular complexity index is 2680. The number of esters is 1. The summed E-state index contributed by atoms with van der Waals surface area (Å²) in [5, 5.41) is 11.5. The number of ether oxygens (including phenoxy) is 5. The standard InChI is InChI=1S/C55H55ClN4O10/c1-2-66-45(32-57-54(64)69-35-39-19-11-5-12-20-39)31-48-52(62)59-49(53(63)68-34-38-17-9-4-10-18-38)29-43-27-41(23-25-46(43)56)42-24-26-50(67-33-37-15-7-3-8-16-37)44(28-42)30-47(51(61)58-48)60-55(65)70-36-40-21-13-6-14-22-40/h3-28,45,47-49H,2,29-36H2,1H3,(H,57,64)(H,58,61)(H,59,62)(H,60,65)/t45-,47+,48+,49+/m1/s1. The lowest BCUT2D eigenvalue weighted by Gasteiger charge is -2.28. The molecule has 0 saturated heterocycles. The van der Waals surface area contributed by atoms with Gasteiger partial charge in [0.2, 0.25) is 11.8 Å². The summed E-state index contributed by atoms with van der Waals surface area (Å²) >= 11 is 6.84. The van der Waals surface area contributed by atoms with E-state index in [1.165, 1.54) is 0 Å². The average Bonchev–Trinajstić information content (AvgIpc) is 3.38. The van der Waals surface area contributed by atoms with E-state index in [1.807, 2.05) is 133 Å². The van der Waals surface area contributed by atoms with E-state index >= 15 is 0 Å². The van der Waals surface area contributed by atoms with Crippen LogP contribution in [0.1, 0.15) is 46.7 Å². The first-order chi connectivity index (χ1) is 34.1. The molecule has 0 aromatic heterocycles. The van der Waals surface area contributed by atoms with Crippen LogP contribution in [0.25, 0.3) is 11.1 Å². The van der Waals surface area contributed by atoms with Crippen molar-refractivity contribution in [3.8, 4) is 16.9 Å². The fraction of sp³-hybridized carbons (Fsp3) is 0.255. The zero-order chi connectivity index (χ0) is 49.1. The van der Waals surface area contributed by atoms with E-state index in [2.05, 4.69) is 21.3 Å². The Hall–Kier alpha value is -7.68. The minimum Gasteiger partial charge on any atom is -0.489 e. The summed E-state index contributed by atoms with van der Waals surface area (Å²) < 4.78 is 29.2. The maximum absolute atomic E-state index is 14.9. The zero-order valence-electron chi connectivity index (χ0n) is 38.6. The second-order valence-electron chi connectivity index (χ2n) is 16.5. The smallest absolute Gasteiger partial charge is 0.408 e. The molecule has 1 aliphatic heterocycles. The third kappa shape index (κ3) is 15.2. The Labute approximate surface area is 412 Å². The summed E-state index contributed by atoms with van der Waals surface area (Å²) in [6.07, 6.45) is -2.87. The molecule has 4 atom stereocenters. The Balaban J connectivity index is 1.24. The van der Waals surface area contributed by atoms with Crippen LogP contribution in [0.3, 0.4) is 0 Å². The van der Waals surface area contributed by atoms with Gasteiger partial charge >= 0.3 is 18.2 Å². The third-order valence-corrected chi connectivity index (χ3v) is 11.8. The number of carbonyl (C=O) groups is 5. The largest absolute Gasteiger partial charge is 0.489 e. The molecule has 0 saturated carbocycles. The molecule has 4 N–H and O–H groups in total. The summed E-state index contributed by atoms with van der Waals surface area (Å²) in [5.41, 5.74) is 5.67. The second kappa shape index (κ2) is 25.6. The van der Waals surface area contributed by atoms with E-state index in [4.69, 9.17) is 35.3 Å². The van der Waals surface area contributed by atoms with Crippen LogP contribution < -0.4 is 26.0 Å². The van der Waals surface area contributed by atoms with Gasteiger partial charge in [0, 0.05) is 37.4 Å². The van der Waals surface area contributed by atoms with Gasteiger partial charge in [0.25, 0.3) is 0 Å². The molecule has 7 rings (SSSR count). The number of carbonyl (C=O) groups excluding carboxylic acids is 5. The normalized spacial score (nSPS) is 16.2. The summed E-state index contributed by atoms with van der Waals surface area (Å²) in [4.78, 5) is 70.3. The molecule has 70 heavy (non-hydrogen) atoms. The molecule has 1 aliphatic rings. The lowest BCUT2D eigenvalue weighted by molar-refractivity contribution is -0.149. The van der Waals surface area contributed by atoms with Gasteiger partial charge in [-0.2, -0.15) is 0 Å². The van der Waals surface area contributed by atoms with Crippen LogP contribution in [-0.2, 0) is 72.6 Å². The van der Waals surface area contributed by atoms with Crippen LogP contribution in [0, 0.1) is 0 Å². The fourth-order valence-electron chi connectivity index (χ4n) is 7.74. The van der Waals surface area contributed by atoms with Crippen LogP contribution in [-0.4, -0.2) is 67.4 Å². The lowest BCUT2D eigenvalue weighted by atomic mass is 9.95. The van der Waals surface area contributed by atoms with Crippen molar-refractivity contribution >= 4 is 41.6 Å². The minimum absolute atomic E-state index is 0.0197. The molecule has 0 aliphatic carbocycles. The van der Waals surface area contributed by atoms with E-state index in [9.17, 15) is 24.0 Å². The molecule has 15 heteroatoms. The summed E-state index contributed by atoms with van der Waals surface area (Å²) in [6.45, 7) is 1.88. The van der Waals surface area contributed by atoms with Crippen molar-refractivity contribution in [2.75, 3.05) is 13.2 Å². The molecule has 0 radical (unpaired) electrons. The number of nitrogens with one attached hydrogen (secondary N) is 4. The number of amides is 4. The quantitative estimate of drug-likeness (QED) is 0.0512. The highest BCUT2D eigenvalue weighted by molar-refractivity contribution is 6.31. The molecule has 362 valence electrons. The topological polar surface area (TPSA) is 180 Å². The van der Waals surface area contributed by atoms with E-state index in [0.29, 0.717) is 21.9 Å².